The minimum atomic E-state index is 0.164. The number of aryl methyl sites for hydroxylation is 1. The highest BCUT2D eigenvalue weighted by Gasteiger charge is 2.04. The first-order chi connectivity index (χ1) is 8.75. The minimum absolute atomic E-state index is 0.164. The van der Waals surface area contributed by atoms with Crippen LogP contribution in [0.15, 0.2) is 36.5 Å². The van der Waals surface area contributed by atoms with Crippen LogP contribution < -0.4 is 10.5 Å². The number of aromatic nitrogens is 2. The molecule has 0 amide bonds. The largest absolute Gasteiger partial charge is 0.476 e. The number of hydrogen-bond acceptors (Lipinski definition) is 4. The number of ether oxygens (including phenoxy) is 1. The van der Waals surface area contributed by atoms with Crippen molar-refractivity contribution < 1.29 is 4.74 Å². The molecule has 0 aliphatic heterocycles. The molecule has 2 rings (SSSR count). The van der Waals surface area contributed by atoms with E-state index < -0.39 is 0 Å². The molecule has 0 saturated heterocycles. The minimum Gasteiger partial charge on any atom is -0.476 e. The Morgan fingerprint density at radius 3 is 2.78 bits per heavy atom. The van der Waals surface area contributed by atoms with E-state index in [0.29, 0.717) is 17.5 Å². The number of nitrogens with two attached hydrogens (primary N) is 1. The lowest BCUT2D eigenvalue weighted by atomic mass is 10.1. The summed E-state index contributed by atoms with van der Waals surface area (Å²) in [5.74, 6) is 0.509. The average Bonchev–Trinajstić information content (AvgIpc) is 2.40. The molecule has 2 aromatic rings. The molecule has 0 unspecified atom stereocenters. The lowest BCUT2D eigenvalue weighted by Crippen LogP contribution is -2.03. The third-order valence-corrected chi connectivity index (χ3v) is 2.68. The Kier molecular flexibility index (Phi) is 4.36. The topological polar surface area (TPSA) is 61.0 Å². The molecule has 5 heteroatoms. The molecule has 1 heterocycles. The highest BCUT2D eigenvalue weighted by molar-refractivity contribution is 6.31. The molecule has 0 spiro atoms. The molecule has 0 bridgehead atoms. The first-order valence-electron chi connectivity index (χ1n) is 5.70. The van der Waals surface area contributed by atoms with Crippen molar-refractivity contribution >= 4 is 17.5 Å². The van der Waals surface area contributed by atoms with E-state index in [1.807, 2.05) is 18.2 Å². The van der Waals surface area contributed by atoms with Crippen molar-refractivity contribution in [2.45, 2.75) is 12.8 Å². The molecule has 2 N–H and O–H groups in total. The molecular weight excluding hydrogens is 250 g/mol. The average molecular weight is 264 g/mol. The predicted octanol–water partition coefficient (Wildman–Crippen LogP) is 2.72. The summed E-state index contributed by atoms with van der Waals surface area (Å²) in [6.45, 7) is 0.547. The van der Waals surface area contributed by atoms with Crippen LogP contribution in [0.2, 0.25) is 5.02 Å². The number of halogens is 1. The van der Waals surface area contributed by atoms with Crippen LogP contribution in [0.1, 0.15) is 12.0 Å². The molecule has 0 atom stereocenters. The Bertz CT molecular complexity index is 505. The summed E-state index contributed by atoms with van der Waals surface area (Å²) in [6, 6.07) is 10.2. The van der Waals surface area contributed by atoms with Gasteiger partial charge in [0.25, 0.3) is 0 Å². The van der Waals surface area contributed by atoms with Crippen LogP contribution >= 0.6 is 11.6 Å². The van der Waals surface area contributed by atoms with Gasteiger partial charge in [0.2, 0.25) is 11.8 Å². The highest BCUT2D eigenvalue weighted by Crippen LogP contribution is 2.21. The van der Waals surface area contributed by atoms with Gasteiger partial charge in [-0.2, -0.15) is 4.98 Å². The van der Waals surface area contributed by atoms with Crippen molar-refractivity contribution in [3.05, 3.63) is 47.1 Å². The second-order valence-corrected chi connectivity index (χ2v) is 4.23. The zero-order chi connectivity index (χ0) is 12.8. The van der Waals surface area contributed by atoms with Crippen molar-refractivity contribution in [3.8, 4) is 5.88 Å². The Hall–Kier alpha value is -1.81. The first kappa shape index (κ1) is 12.6. The summed E-state index contributed by atoms with van der Waals surface area (Å²) in [6.07, 6.45) is 3.29. The molecule has 94 valence electrons. The van der Waals surface area contributed by atoms with E-state index >= 15 is 0 Å². The molecule has 0 saturated carbocycles. The quantitative estimate of drug-likeness (QED) is 0.843. The number of nitrogen functional groups attached to an aromatic ring is 1. The van der Waals surface area contributed by atoms with Crippen LogP contribution in [-0.4, -0.2) is 16.6 Å². The fourth-order valence-electron chi connectivity index (χ4n) is 1.56. The van der Waals surface area contributed by atoms with Gasteiger partial charge in [0, 0.05) is 0 Å². The van der Waals surface area contributed by atoms with E-state index in [1.54, 1.807) is 0 Å². The van der Waals surface area contributed by atoms with Gasteiger partial charge in [-0.1, -0.05) is 41.9 Å². The molecule has 0 aliphatic carbocycles. The maximum atomic E-state index is 5.89. The lowest BCUT2D eigenvalue weighted by molar-refractivity contribution is 0.299. The van der Waals surface area contributed by atoms with Gasteiger partial charge in [-0.05, 0) is 18.4 Å². The van der Waals surface area contributed by atoms with E-state index in [2.05, 4.69) is 22.1 Å². The Morgan fingerprint density at radius 1 is 1.22 bits per heavy atom. The maximum absolute atomic E-state index is 5.89. The van der Waals surface area contributed by atoms with E-state index in [0.717, 1.165) is 12.8 Å². The second-order valence-electron chi connectivity index (χ2n) is 3.82. The van der Waals surface area contributed by atoms with Crippen LogP contribution in [0, 0.1) is 0 Å². The second kappa shape index (κ2) is 6.21. The number of hydrogen-bond donors (Lipinski definition) is 1. The fourth-order valence-corrected chi connectivity index (χ4v) is 1.70. The third-order valence-electron chi connectivity index (χ3n) is 2.42. The number of benzene rings is 1. The SMILES string of the molecule is Nc1ncc(Cl)c(OCCCc2ccccc2)n1. The molecule has 1 aromatic heterocycles. The van der Waals surface area contributed by atoms with Gasteiger partial charge in [0.05, 0.1) is 12.8 Å². The fraction of sp³-hybridized carbons (Fsp3) is 0.231. The van der Waals surface area contributed by atoms with Gasteiger partial charge in [-0.15, -0.1) is 0 Å². The van der Waals surface area contributed by atoms with Gasteiger partial charge in [0.15, 0.2) is 0 Å². The lowest BCUT2D eigenvalue weighted by Gasteiger charge is -2.07. The van der Waals surface area contributed by atoms with Crippen molar-refractivity contribution in [1.29, 1.82) is 0 Å². The molecule has 18 heavy (non-hydrogen) atoms. The molecule has 4 nitrogen and oxygen atoms in total. The third kappa shape index (κ3) is 3.60. The molecule has 0 aliphatic rings. The normalized spacial score (nSPS) is 10.3. The monoisotopic (exact) mass is 263 g/mol. The van der Waals surface area contributed by atoms with Gasteiger partial charge in [-0.3, -0.25) is 0 Å². The summed E-state index contributed by atoms with van der Waals surface area (Å²) >= 11 is 5.89. The van der Waals surface area contributed by atoms with Crippen LogP contribution in [0.25, 0.3) is 0 Å². The maximum Gasteiger partial charge on any atom is 0.237 e. The van der Waals surface area contributed by atoms with E-state index in [9.17, 15) is 0 Å². The summed E-state index contributed by atoms with van der Waals surface area (Å²) in [5.41, 5.74) is 6.75. The molecule has 0 radical (unpaired) electrons. The van der Waals surface area contributed by atoms with Gasteiger partial charge >= 0.3 is 0 Å². The van der Waals surface area contributed by atoms with E-state index in [4.69, 9.17) is 22.1 Å². The van der Waals surface area contributed by atoms with Crippen molar-refractivity contribution in [2.75, 3.05) is 12.3 Å². The summed E-state index contributed by atoms with van der Waals surface area (Å²) in [5, 5.41) is 0.379. The summed E-state index contributed by atoms with van der Waals surface area (Å²) in [4.78, 5) is 7.70. The van der Waals surface area contributed by atoms with Crippen LogP contribution in [0.4, 0.5) is 5.95 Å². The zero-order valence-electron chi connectivity index (χ0n) is 9.84. The van der Waals surface area contributed by atoms with Gasteiger partial charge in [-0.25, -0.2) is 4.98 Å². The zero-order valence-corrected chi connectivity index (χ0v) is 10.6. The van der Waals surface area contributed by atoms with Crippen molar-refractivity contribution in [1.82, 2.24) is 9.97 Å². The Labute approximate surface area is 111 Å². The smallest absolute Gasteiger partial charge is 0.237 e. The molecular formula is C13H14ClN3O. The highest BCUT2D eigenvalue weighted by atomic mass is 35.5. The number of nitrogens with zero attached hydrogens (tertiary/aromatic N) is 2. The predicted molar refractivity (Wildman–Crippen MR) is 71.7 cm³/mol. The van der Waals surface area contributed by atoms with Crippen molar-refractivity contribution in [2.24, 2.45) is 0 Å². The van der Waals surface area contributed by atoms with Crippen molar-refractivity contribution in [3.63, 3.8) is 0 Å². The summed E-state index contributed by atoms with van der Waals surface area (Å²) < 4.78 is 5.48. The first-order valence-corrected chi connectivity index (χ1v) is 6.08. The Balaban J connectivity index is 1.80. The molecule has 1 aromatic carbocycles. The van der Waals surface area contributed by atoms with Crippen LogP contribution in [0.3, 0.4) is 0 Å². The van der Waals surface area contributed by atoms with Gasteiger partial charge < -0.3 is 10.5 Å². The standard InChI is InChI=1S/C13H14ClN3O/c14-11-9-16-13(15)17-12(11)18-8-4-7-10-5-2-1-3-6-10/h1-3,5-6,9H,4,7-8H2,(H2,15,16,17). The number of rotatable bonds is 5. The van der Waals surface area contributed by atoms with E-state index in [1.165, 1.54) is 11.8 Å². The van der Waals surface area contributed by atoms with Gasteiger partial charge in [0.1, 0.15) is 5.02 Å². The summed E-state index contributed by atoms with van der Waals surface area (Å²) in [7, 11) is 0. The number of anilines is 1. The van der Waals surface area contributed by atoms with Crippen LogP contribution in [-0.2, 0) is 6.42 Å². The van der Waals surface area contributed by atoms with Crippen LogP contribution in [0.5, 0.6) is 5.88 Å². The molecule has 0 fully saturated rings. The Morgan fingerprint density at radius 2 is 2.00 bits per heavy atom. The van der Waals surface area contributed by atoms with E-state index in [-0.39, 0.29) is 5.95 Å².